The molecule has 3 aromatic rings. The normalized spacial score (nSPS) is 13.0. The molecule has 28 heavy (non-hydrogen) atoms. The molecule has 7 nitrogen and oxygen atoms in total. The van der Waals surface area contributed by atoms with Crippen LogP contribution in [0, 0.1) is 13.8 Å². The van der Waals surface area contributed by atoms with E-state index in [1.54, 1.807) is 37.5 Å². The molecule has 1 aromatic carbocycles. The first-order valence-electron chi connectivity index (χ1n) is 8.73. The van der Waals surface area contributed by atoms with E-state index in [0.29, 0.717) is 22.9 Å². The average molecular weight is 375 g/mol. The van der Waals surface area contributed by atoms with Crippen molar-refractivity contribution in [2.75, 3.05) is 0 Å². The molecule has 0 saturated carbocycles. The van der Waals surface area contributed by atoms with Gasteiger partial charge in [-0.25, -0.2) is 4.79 Å². The van der Waals surface area contributed by atoms with E-state index in [-0.39, 0.29) is 11.1 Å². The lowest BCUT2D eigenvalue weighted by Crippen LogP contribution is -2.32. The van der Waals surface area contributed by atoms with Gasteiger partial charge in [-0.3, -0.25) is 14.6 Å². The van der Waals surface area contributed by atoms with E-state index in [0.717, 1.165) is 11.3 Å². The second-order valence-corrected chi connectivity index (χ2v) is 6.56. The fourth-order valence-corrected chi connectivity index (χ4v) is 3.30. The SMILES string of the molecule is Cc1cc(C(=O)ON2C(=O)c3ccccc3C2=O)c(C)n1Cc1ccncc1. The first kappa shape index (κ1) is 17.7. The lowest BCUT2D eigenvalue weighted by atomic mass is 10.1. The van der Waals surface area contributed by atoms with Crippen molar-refractivity contribution in [3.63, 3.8) is 0 Å². The number of benzene rings is 1. The van der Waals surface area contributed by atoms with Gasteiger partial charge in [0.1, 0.15) is 0 Å². The summed E-state index contributed by atoms with van der Waals surface area (Å²) in [7, 11) is 0. The van der Waals surface area contributed by atoms with E-state index >= 15 is 0 Å². The molecule has 0 bridgehead atoms. The molecule has 2 aromatic heterocycles. The Kier molecular flexibility index (Phi) is 4.27. The van der Waals surface area contributed by atoms with E-state index in [2.05, 4.69) is 4.98 Å². The fourth-order valence-electron chi connectivity index (χ4n) is 3.30. The van der Waals surface area contributed by atoms with Crippen LogP contribution in [-0.2, 0) is 11.4 Å². The van der Waals surface area contributed by atoms with Crippen LogP contribution >= 0.6 is 0 Å². The van der Waals surface area contributed by atoms with Gasteiger partial charge in [-0.05, 0) is 49.7 Å². The molecule has 0 radical (unpaired) electrons. The summed E-state index contributed by atoms with van der Waals surface area (Å²) in [5.74, 6) is -2.03. The highest BCUT2D eigenvalue weighted by molar-refractivity contribution is 6.21. The van der Waals surface area contributed by atoms with Crippen LogP contribution < -0.4 is 0 Å². The van der Waals surface area contributed by atoms with Gasteiger partial charge in [0, 0.05) is 30.3 Å². The van der Waals surface area contributed by atoms with Crippen LogP contribution in [0.5, 0.6) is 0 Å². The van der Waals surface area contributed by atoms with E-state index in [1.807, 2.05) is 23.6 Å². The molecule has 0 spiro atoms. The minimum atomic E-state index is -0.747. The lowest BCUT2D eigenvalue weighted by Gasteiger charge is -2.13. The Morgan fingerprint density at radius 3 is 2.21 bits per heavy atom. The third kappa shape index (κ3) is 2.87. The highest BCUT2D eigenvalue weighted by atomic mass is 16.7. The third-order valence-corrected chi connectivity index (χ3v) is 4.81. The maximum Gasteiger partial charge on any atom is 0.365 e. The molecule has 0 N–H and O–H groups in total. The van der Waals surface area contributed by atoms with Crippen molar-refractivity contribution in [2.24, 2.45) is 0 Å². The smallest absolute Gasteiger partial charge is 0.344 e. The Hall–Kier alpha value is -3.74. The molecule has 1 aliphatic heterocycles. The summed E-state index contributed by atoms with van der Waals surface area (Å²) in [6.07, 6.45) is 3.42. The predicted molar refractivity (Wildman–Crippen MR) is 99.6 cm³/mol. The van der Waals surface area contributed by atoms with Gasteiger partial charge in [0.15, 0.2) is 0 Å². The van der Waals surface area contributed by atoms with Crippen LogP contribution in [0.15, 0.2) is 54.9 Å². The van der Waals surface area contributed by atoms with Crippen LogP contribution in [-0.4, -0.2) is 32.4 Å². The van der Waals surface area contributed by atoms with Crippen molar-refractivity contribution >= 4 is 17.8 Å². The first-order chi connectivity index (χ1) is 13.5. The molecular formula is C21H17N3O4. The summed E-state index contributed by atoms with van der Waals surface area (Å²) < 4.78 is 1.97. The minimum Gasteiger partial charge on any atom is -0.344 e. The zero-order valence-corrected chi connectivity index (χ0v) is 15.4. The summed E-state index contributed by atoms with van der Waals surface area (Å²) in [4.78, 5) is 46.6. The van der Waals surface area contributed by atoms with E-state index < -0.39 is 17.8 Å². The Bertz CT molecular complexity index is 1070. The van der Waals surface area contributed by atoms with E-state index in [4.69, 9.17) is 4.84 Å². The number of hydrogen-bond acceptors (Lipinski definition) is 5. The van der Waals surface area contributed by atoms with Gasteiger partial charge in [-0.15, -0.1) is 0 Å². The van der Waals surface area contributed by atoms with E-state index in [9.17, 15) is 14.4 Å². The second-order valence-electron chi connectivity index (χ2n) is 6.56. The molecule has 3 heterocycles. The maximum absolute atomic E-state index is 12.7. The number of pyridine rings is 1. The van der Waals surface area contributed by atoms with Crippen molar-refractivity contribution in [3.05, 3.63) is 88.5 Å². The Morgan fingerprint density at radius 2 is 1.61 bits per heavy atom. The molecular weight excluding hydrogens is 358 g/mol. The number of hydrogen-bond donors (Lipinski definition) is 0. The number of nitrogens with zero attached hydrogens (tertiary/aromatic N) is 3. The van der Waals surface area contributed by atoms with Gasteiger partial charge in [0.2, 0.25) is 0 Å². The van der Waals surface area contributed by atoms with Crippen LogP contribution in [0.25, 0.3) is 0 Å². The number of amides is 2. The third-order valence-electron chi connectivity index (χ3n) is 4.81. The van der Waals surface area contributed by atoms with Gasteiger partial charge in [0.25, 0.3) is 11.8 Å². The van der Waals surface area contributed by atoms with Crippen molar-refractivity contribution in [1.29, 1.82) is 0 Å². The van der Waals surface area contributed by atoms with Gasteiger partial charge >= 0.3 is 5.97 Å². The quantitative estimate of drug-likeness (QED) is 0.655. The standard InChI is InChI=1S/C21H17N3O4/c1-13-11-18(14(2)23(13)12-15-7-9-22-10-8-15)21(27)28-24-19(25)16-5-3-4-6-17(16)20(24)26/h3-11H,12H2,1-2H3. The Balaban J connectivity index is 1.57. The second kappa shape index (κ2) is 6.77. The number of carbonyl (C=O) groups excluding carboxylic acids is 3. The molecule has 140 valence electrons. The molecule has 2 amide bonds. The summed E-state index contributed by atoms with van der Waals surface area (Å²) in [6, 6.07) is 11.9. The molecule has 4 rings (SSSR count). The summed E-state index contributed by atoms with van der Waals surface area (Å²) in [5, 5.41) is 0.530. The highest BCUT2D eigenvalue weighted by Crippen LogP contribution is 2.24. The Morgan fingerprint density at radius 1 is 1.00 bits per heavy atom. The summed E-state index contributed by atoms with van der Waals surface area (Å²) in [5.41, 5.74) is 3.35. The average Bonchev–Trinajstić information content (AvgIpc) is 3.12. The van der Waals surface area contributed by atoms with Crippen molar-refractivity contribution in [1.82, 2.24) is 14.6 Å². The number of rotatable bonds is 4. The molecule has 1 aliphatic rings. The van der Waals surface area contributed by atoms with E-state index in [1.165, 1.54) is 12.1 Å². The van der Waals surface area contributed by atoms with Crippen molar-refractivity contribution in [3.8, 4) is 0 Å². The van der Waals surface area contributed by atoms with Crippen LogP contribution in [0.3, 0.4) is 0 Å². The Labute approximate surface area is 161 Å². The van der Waals surface area contributed by atoms with Gasteiger partial charge in [-0.2, -0.15) is 0 Å². The molecule has 0 fully saturated rings. The lowest BCUT2D eigenvalue weighted by molar-refractivity contribution is -0.0585. The van der Waals surface area contributed by atoms with Gasteiger partial charge in [0.05, 0.1) is 16.7 Å². The monoisotopic (exact) mass is 375 g/mol. The molecule has 0 aliphatic carbocycles. The van der Waals surface area contributed by atoms with Crippen LogP contribution in [0.1, 0.15) is 48.0 Å². The zero-order valence-electron chi connectivity index (χ0n) is 15.4. The molecule has 0 saturated heterocycles. The number of aromatic nitrogens is 2. The summed E-state index contributed by atoms with van der Waals surface area (Å²) >= 11 is 0. The van der Waals surface area contributed by atoms with Gasteiger partial charge < -0.3 is 9.40 Å². The van der Waals surface area contributed by atoms with Gasteiger partial charge in [-0.1, -0.05) is 17.2 Å². The number of aryl methyl sites for hydroxylation is 1. The molecule has 0 atom stereocenters. The summed E-state index contributed by atoms with van der Waals surface area (Å²) in [6.45, 7) is 4.25. The molecule has 0 unspecified atom stereocenters. The minimum absolute atomic E-state index is 0.225. The van der Waals surface area contributed by atoms with Crippen molar-refractivity contribution in [2.45, 2.75) is 20.4 Å². The first-order valence-corrected chi connectivity index (χ1v) is 8.73. The highest BCUT2D eigenvalue weighted by Gasteiger charge is 2.39. The largest absolute Gasteiger partial charge is 0.365 e. The number of fused-ring (bicyclic) bond motifs is 1. The number of imide groups is 1. The maximum atomic E-state index is 12.7. The molecule has 7 heteroatoms. The number of hydroxylamine groups is 2. The van der Waals surface area contributed by atoms with Crippen molar-refractivity contribution < 1.29 is 19.2 Å². The topological polar surface area (TPSA) is 81.5 Å². The predicted octanol–water partition coefficient (Wildman–Crippen LogP) is 2.92. The zero-order chi connectivity index (χ0) is 19.8. The van der Waals surface area contributed by atoms with Crippen LogP contribution in [0.4, 0.5) is 0 Å². The fraction of sp³-hybridized carbons (Fsp3) is 0.143. The number of carbonyl (C=O) groups is 3. The van der Waals surface area contributed by atoms with Crippen LogP contribution in [0.2, 0.25) is 0 Å².